The lowest BCUT2D eigenvalue weighted by Crippen LogP contribution is -2.44. The molecule has 3 aliphatic rings. The van der Waals surface area contributed by atoms with Crippen molar-refractivity contribution in [2.75, 3.05) is 43.1 Å². The van der Waals surface area contributed by atoms with E-state index in [0.717, 1.165) is 36.5 Å². The molecular formula is C19H24N4O4. The van der Waals surface area contributed by atoms with Crippen LogP contribution in [0.5, 0.6) is 0 Å². The number of nitrogens with one attached hydrogen (secondary N) is 2. The van der Waals surface area contributed by atoms with Gasteiger partial charge in [-0.25, -0.2) is 4.79 Å². The van der Waals surface area contributed by atoms with Crippen LogP contribution in [0.25, 0.3) is 0 Å². The van der Waals surface area contributed by atoms with E-state index >= 15 is 0 Å². The number of hydrogen-bond acceptors (Lipinski definition) is 5. The fourth-order valence-corrected chi connectivity index (χ4v) is 4.06. The number of rotatable bonds is 4. The second-order valence-corrected chi connectivity index (χ2v) is 7.31. The van der Waals surface area contributed by atoms with E-state index in [2.05, 4.69) is 15.5 Å². The van der Waals surface area contributed by atoms with E-state index in [9.17, 15) is 14.4 Å². The van der Waals surface area contributed by atoms with Gasteiger partial charge in [-0.1, -0.05) is 12.8 Å². The third-order valence-corrected chi connectivity index (χ3v) is 5.53. The first kappa shape index (κ1) is 17.8. The summed E-state index contributed by atoms with van der Waals surface area (Å²) in [5.74, 6) is -0.657. The Morgan fingerprint density at radius 1 is 1.11 bits per heavy atom. The number of nitrogens with zero attached hydrogens (tertiary/aromatic N) is 2. The molecule has 8 heteroatoms. The average molecular weight is 372 g/mol. The summed E-state index contributed by atoms with van der Waals surface area (Å²) >= 11 is 0. The van der Waals surface area contributed by atoms with Crippen molar-refractivity contribution >= 4 is 29.2 Å². The zero-order chi connectivity index (χ0) is 18.9. The first-order chi connectivity index (χ1) is 13.1. The molecule has 2 N–H and O–H groups in total. The summed E-state index contributed by atoms with van der Waals surface area (Å²) in [6.45, 7) is 2.86. The van der Waals surface area contributed by atoms with Gasteiger partial charge in [-0.15, -0.1) is 0 Å². The lowest BCUT2D eigenvalue weighted by molar-refractivity contribution is -0.133. The highest BCUT2D eigenvalue weighted by atomic mass is 16.5. The Balaban J connectivity index is 1.35. The van der Waals surface area contributed by atoms with Gasteiger partial charge < -0.3 is 20.3 Å². The van der Waals surface area contributed by atoms with Crippen LogP contribution in [0.2, 0.25) is 0 Å². The Morgan fingerprint density at radius 2 is 1.78 bits per heavy atom. The third-order valence-electron chi connectivity index (χ3n) is 5.53. The molecule has 1 aromatic carbocycles. The van der Waals surface area contributed by atoms with Crippen LogP contribution in [0, 0.1) is 0 Å². The molecular weight excluding hydrogens is 348 g/mol. The van der Waals surface area contributed by atoms with Crippen LogP contribution >= 0.6 is 0 Å². The molecule has 0 atom stereocenters. The van der Waals surface area contributed by atoms with Crippen molar-refractivity contribution in [1.29, 1.82) is 0 Å². The normalized spacial score (nSPS) is 21.6. The fourth-order valence-electron chi connectivity index (χ4n) is 4.06. The van der Waals surface area contributed by atoms with Crippen LogP contribution in [-0.2, 0) is 14.3 Å². The van der Waals surface area contributed by atoms with E-state index in [1.54, 1.807) is 0 Å². The molecule has 0 unspecified atom stereocenters. The maximum absolute atomic E-state index is 12.6. The Morgan fingerprint density at radius 3 is 2.44 bits per heavy atom. The summed E-state index contributed by atoms with van der Waals surface area (Å²) < 4.78 is 5.35. The van der Waals surface area contributed by atoms with Gasteiger partial charge in [0.15, 0.2) is 0 Å². The molecule has 8 nitrogen and oxygen atoms in total. The maximum atomic E-state index is 12.6. The first-order valence-electron chi connectivity index (χ1n) is 9.44. The Hall–Kier alpha value is -2.61. The van der Waals surface area contributed by atoms with Gasteiger partial charge in [0.05, 0.1) is 13.2 Å². The minimum Gasteiger partial charge on any atom is -0.378 e. The summed E-state index contributed by atoms with van der Waals surface area (Å²) in [5.41, 5.74) is 0.935. The highest BCUT2D eigenvalue weighted by Crippen LogP contribution is 2.34. The zero-order valence-corrected chi connectivity index (χ0v) is 15.2. The Bertz CT molecular complexity index is 737. The van der Waals surface area contributed by atoms with E-state index in [4.69, 9.17) is 4.74 Å². The molecule has 1 spiro atoms. The molecule has 0 bridgehead atoms. The predicted molar refractivity (Wildman–Crippen MR) is 99.5 cm³/mol. The van der Waals surface area contributed by atoms with Gasteiger partial charge in [0.1, 0.15) is 12.1 Å². The molecule has 0 aromatic heterocycles. The average Bonchev–Trinajstić information content (AvgIpc) is 3.24. The Kier molecular flexibility index (Phi) is 4.73. The Labute approximate surface area is 157 Å². The molecule has 4 rings (SSSR count). The van der Waals surface area contributed by atoms with E-state index in [0.29, 0.717) is 31.7 Å². The zero-order valence-electron chi connectivity index (χ0n) is 15.2. The van der Waals surface area contributed by atoms with E-state index in [1.807, 2.05) is 24.3 Å². The second-order valence-electron chi connectivity index (χ2n) is 7.31. The number of imide groups is 1. The molecule has 1 aliphatic carbocycles. The van der Waals surface area contributed by atoms with Gasteiger partial charge in [-0.3, -0.25) is 14.5 Å². The highest BCUT2D eigenvalue weighted by molar-refractivity contribution is 6.10. The minimum absolute atomic E-state index is 0.266. The quantitative estimate of drug-likeness (QED) is 0.778. The van der Waals surface area contributed by atoms with Crippen LogP contribution in [0.4, 0.5) is 16.2 Å². The third kappa shape index (κ3) is 3.49. The summed E-state index contributed by atoms with van der Waals surface area (Å²) in [4.78, 5) is 40.3. The van der Waals surface area contributed by atoms with Crippen molar-refractivity contribution in [3.8, 4) is 0 Å². The largest absolute Gasteiger partial charge is 0.378 e. The first-order valence-corrected chi connectivity index (χ1v) is 9.44. The standard InChI is InChI=1S/C19H24N4O4/c24-16(13-23-17(25)19(21-18(23)26)7-1-2-8-19)20-14-3-5-15(6-4-14)22-9-11-27-12-10-22/h3-6H,1-2,7-13H2,(H,20,24)(H,21,26). The smallest absolute Gasteiger partial charge is 0.325 e. The van der Waals surface area contributed by atoms with Crippen LogP contribution in [-0.4, -0.2) is 61.1 Å². The van der Waals surface area contributed by atoms with E-state index in [-0.39, 0.29) is 18.4 Å². The minimum atomic E-state index is -0.781. The lowest BCUT2D eigenvalue weighted by atomic mass is 9.98. The molecule has 27 heavy (non-hydrogen) atoms. The molecule has 1 saturated carbocycles. The lowest BCUT2D eigenvalue weighted by Gasteiger charge is -2.28. The molecule has 3 fully saturated rings. The van der Waals surface area contributed by atoms with Gasteiger partial charge in [-0.2, -0.15) is 0 Å². The number of ether oxygens (including phenoxy) is 1. The van der Waals surface area contributed by atoms with Gasteiger partial charge >= 0.3 is 6.03 Å². The molecule has 2 saturated heterocycles. The number of amides is 4. The van der Waals surface area contributed by atoms with Crippen LogP contribution in [0.1, 0.15) is 25.7 Å². The van der Waals surface area contributed by atoms with Crippen molar-refractivity contribution in [2.45, 2.75) is 31.2 Å². The number of hydrogen-bond donors (Lipinski definition) is 2. The molecule has 2 heterocycles. The van der Waals surface area contributed by atoms with Gasteiger partial charge in [0, 0.05) is 24.5 Å². The van der Waals surface area contributed by atoms with Crippen LogP contribution in [0.3, 0.4) is 0 Å². The number of urea groups is 1. The summed E-state index contributed by atoms with van der Waals surface area (Å²) in [5, 5.41) is 5.55. The summed E-state index contributed by atoms with van der Waals surface area (Å²) in [7, 11) is 0. The van der Waals surface area contributed by atoms with Crippen molar-refractivity contribution < 1.29 is 19.1 Å². The van der Waals surface area contributed by atoms with Crippen molar-refractivity contribution in [1.82, 2.24) is 10.2 Å². The van der Waals surface area contributed by atoms with E-state index < -0.39 is 11.6 Å². The summed E-state index contributed by atoms with van der Waals surface area (Å²) in [6, 6.07) is 7.07. The fraction of sp³-hybridized carbons (Fsp3) is 0.526. The van der Waals surface area contributed by atoms with E-state index in [1.165, 1.54) is 0 Å². The monoisotopic (exact) mass is 372 g/mol. The number of anilines is 2. The van der Waals surface area contributed by atoms with Gasteiger partial charge in [-0.05, 0) is 37.1 Å². The molecule has 2 aliphatic heterocycles. The van der Waals surface area contributed by atoms with Crippen molar-refractivity contribution in [2.24, 2.45) is 0 Å². The molecule has 144 valence electrons. The molecule has 4 amide bonds. The topological polar surface area (TPSA) is 91.0 Å². The van der Waals surface area contributed by atoms with Gasteiger partial charge in [0.25, 0.3) is 5.91 Å². The summed E-state index contributed by atoms with van der Waals surface area (Å²) in [6.07, 6.45) is 3.14. The number of morpholine rings is 1. The SMILES string of the molecule is O=C(CN1C(=O)NC2(CCCC2)C1=O)Nc1ccc(N2CCOCC2)cc1. The van der Waals surface area contributed by atoms with Gasteiger partial charge in [0.2, 0.25) is 5.91 Å². The highest BCUT2D eigenvalue weighted by Gasteiger charge is 2.52. The maximum Gasteiger partial charge on any atom is 0.325 e. The predicted octanol–water partition coefficient (Wildman–Crippen LogP) is 1.33. The van der Waals surface area contributed by atoms with Crippen LogP contribution in [0.15, 0.2) is 24.3 Å². The van der Waals surface area contributed by atoms with Crippen molar-refractivity contribution in [3.63, 3.8) is 0 Å². The number of carbonyl (C=O) groups is 3. The molecule has 1 aromatic rings. The number of benzene rings is 1. The van der Waals surface area contributed by atoms with Crippen LogP contribution < -0.4 is 15.5 Å². The van der Waals surface area contributed by atoms with Crippen molar-refractivity contribution in [3.05, 3.63) is 24.3 Å². The second kappa shape index (κ2) is 7.19. The molecule has 0 radical (unpaired) electrons. The number of carbonyl (C=O) groups excluding carboxylic acids is 3.